The molecule has 0 bridgehead atoms. The van der Waals surface area contributed by atoms with E-state index in [4.69, 9.17) is 28.4 Å². The average Bonchev–Trinajstić information content (AvgIpc) is 0.755. The van der Waals surface area contributed by atoms with Crippen molar-refractivity contribution >= 4 is 17.8 Å². The van der Waals surface area contributed by atoms with Gasteiger partial charge in [-0.1, -0.05) is 321 Å². The summed E-state index contributed by atoms with van der Waals surface area (Å²) < 4.78 is 35.0. The molecule has 3 aliphatic heterocycles. The van der Waals surface area contributed by atoms with Crippen LogP contribution in [0.15, 0.2) is 24.3 Å². The molecule has 3 fully saturated rings. The molecule has 108 heavy (non-hydrogen) atoms. The second kappa shape index (κ2) is 63.5. The topological polar surface area (TPSA) is 373 Å². The molecule has 18 atom stereocenters. The number of aliphatic hydroxyl groups is 11. The van der Waals surface area contributed by atoms with E-state index >= 15 is 0 Å². The maximum Gasteiger partial charge on any atom is 0.364 e. The van der Waals surface area contributed by atoms with Gasteiger partial charge >= 0.3 is 5.97 Å². The van der Waals surface area contributed by atoms with E-state index in [1.54, 1.807) is 0 Å². The van der Waals surface area contributed by atoms with Crippen LogP contribution in [0.3, 0.4) is 0 Å². The molecule has 14 N–H and O–H groups in total. The predicted octanol–water partition coefficient (Wildman–Crippen LogP) is 13.1. The van der Waals surface area contributed by atoms with Crippen LogP contribution in [-0.4, -0.2) is 215 Å². The van der Waals surface area contributed by atoms with Crippen LogP contribution in [0.25, 0.3) is 0 Å². The minimum absolute atomic E-state index is 0.224. The third-order valence-electron chi connectivity index (χ3n) is 22.2. The highest BCUT2D eigenvalue weighted by molar-refractivity contribution is 5.77. The highest BCUT2D eigenvalue weighted by atomic mass is 16.8. The molecule has 0 radical (unpaired) electrons. The predicted molar refractivity (Wildman–Crippen MR) is 421 cm³/mol. The third-order valence-corrected chi connectivity index (χ3v) is 22.2. The van der Waals surface area contributed by atoms with Crippen LogP contribution in [-0.2, 0) is 42.8 Å². The van der Waals surface area contributed by atoms with Gasteiger partial charge in [-0.15, -0.1) is 0 Å². The fourth-order valence-electron chi connectivity index (χ4n) is 15.3. The van der Waals surface area contributed by atoms with E-state index in [1.807, 2.05) is 0 Å². The van der Waals surface area contributed by atoms with Crippen LogP contribution in [0.2, 0.25) is 0 Å². The van der Waals surface area contributed by atoms with Crippen LogP contribution in [0.5, 0.6) is 0 Å². The van der Waals surface area contributed by atoms with E-state index in [2.05, 4.69) is 48.8 Å². The lowest BCUT2D eigenvalue weighted by atomic mass is 9.88. The Bertz CT molecular complexity index is 2240. The van der Waals surface area contributed by atoms with Gasteiger partial charge in [0.15, 0.2) is 12.6 Å². The minimum atomic E-state index is -3.08. The fraction of sp³-hybridized carbons (Fsp3) is 0.918. The molecule has 23 heteroatoms. The van der Waals surface area contributed by atoms with Gasteiger partial charge in [0.1, 0.15) is 67.1 Å². The highest BCUT2D eigenvalue weighted by Gasteiger charge is 2.60. The zero-order valence-electron chi connectivity index (χ0n) is 67.5. The first-order valence-corrected chi connectivity index (χ1v) is 43.7. The Kier molecular flexibility index (Phi) is 58.5. The van der Waals surface area contributed by atoms with Crippen molar-refractivity contribution in [2.45, 2.75) is 471 Å². The number of rotatable bonds is 70. The molecular formula is C85H158N2O21. The van der Waals surface area contributed by atoms with E-state index in [-0.39, 0.29) is 18.9 Å². The number of ether oxygens (including phenoxy) is 6. The SMILES string of the molecule is CCCCCCCCCCC/C=C\C/C=C\CCCCCCCCCCCCCCCC(=O)NC(COC1OC(CO)C(OC2OC(CO)C(O)C(OC3(C(=O)O)CC(O)C(NC(C)=O)C(C(O)C(O)CO)O3)C2O)C(O)C1O)C(O)CCCCCCCCCCCCCCCCCCCCCCCCCCC. The highest BCUT2D eigenvalue weighted by Crippen LogP contribution is 2.39. The van der Waals surface area contributed by atoms with Crippen molar-refractivity contribution in [2.75, 3.05) is 26.4 Å². The number of hydrogen-bond donors (Lipinski definition) is 14. The van der Waals surface area contributed by atoms with Gasteiger partial charge in [0.25, 0.3) is 5.79 Å². The molecule has 0 aromatic rings. The Morgan fingerprint density at radius 3 is 1.30 bits per heavy atom. The Morgan fingerprint density at radius 1 is 0.481 bits per heavy atom. The van der Waals surface area contributed by atoms with Crippen molar-refractivity contribution in [1.29, 1.82) is 0 Å². The molecule has 3 saturated heterocycles. The monoisotopic (exact) mass is 1540 g/mol. The Hall–Kier alpha value is -2.79. The number of hydrogen-bond acceptors (Lipinski definition) is 20. The molecule has 18 unspecified atom stereocenters. The molecule has 2 amide bonds. The van der Waals surface area contributed by atoms with E-state index in [0.29, 0.717) is 19.3 Å². The maximum atomic E-state index is 13.6. The summed E-state index contributed by atoms with van der Waals surface area (Å²) in [5.41, 5.74) is 0. The molecule has 0 saturated carbocycles. The smallest absolute Gasteiger partial charge is 0.364 e. The average molecular weight is 1540 g/mol. The lowest BCUT2D eigenvalue weighted by molar-refractivity contribution is -0.386. The molecule has 3 heterocycles. The number of unbranched alkanes of at least 4 members (excludes halogenated alkanes) is 46. The summed E-state index contributed by atoms with van der Waals surface area (Å²) in [6, 6.07) is -2.53. The number of carbonyl (C=O) groups excluding carboxylic acids is 2. The van der Waals surface area contributed by atoms with Gasteiger partial charge < -0.3 is 100 Å². The van der Waals surface area contributed by atoms with E-state index in [9.17, 15) is 75.7 Å². The Balaban J connectivity index is 1.48. The zero-order chi connectivity index (χ0) is 78.8. The van der Waals surface area contributed by atoms with Crippen molar-refractivity contribution in [1.82, 2.24) is 10.6 Å². The molecular weight excluding hydrogens is 1380 g/mol. The minimum Gasteiger partial charge on any atom is -0.477 e. The van der Waals surface area contributed by atoms with Gasteiger partial charge in [0, 0.05) is 19.8 Å². The van der Waals surface area contributed by atoms with Crippen molar-refractivity contribution in [2.24, 2.45) is 0 Å². The summed E-state index contributed by atoms with van der Waals surface area (Å²) in [5.74, 6) is -6.09. The molecule has 0 spiro atoms. The summed E-state index contributed by atoms with van der Waals surface area (Å²) in [5, 5.41) is 137. The van der Waals surface area contributed by atoms with Crippen LogP contribution < -0.4 is 10.6 Å². The summed E-state index contributed by atoms with van der Waals surface area (Å²) in [6.07, 6.45) is 43.1. The van der Waals surface area contributed by atoms with Crippen LogP contribution in [0, 0.1) is 0 Å². The first kappa shape index (κ1) is 99.4. The van der Waals surface area contributed by atoms with Crippen molar-refractivity contribution < 1.29 is 104 Å². The summed E-state index contributed by atoms with van der Waals surface area (Å²) in [7, 11) is 0. The molecule has 634 valence electrons. The van der Waals surface area contributed by atoms with E-state index < -0.39 is 148 Å². The number of allylic oxidation sites excluding steroid dienone is 4. The summed E-state index contributed by atoms with van der Waals surface area (Å²) in [6.45, 7) is 2.27. The number of nitrogens with one attached hydrogen (secondary N) is 2. The number of carbonyl (C=O) groups is 3. The third kappa shape index (κ3) is 42.5. The Labute approximate surface area is 651 Å². The molecule has 0 aromatic heterocycles. The second-order valence-corrected chi connectivity index (χ2v) is 31.8. The first-order chi connectivity index (χ1) is 52.4. The van der Waals surface area contributed by atoms with Gasteiger partial charge in [0.2, 0.25) is 11.8 Å². The largest absolute Gasteiger partial charge is 0.477 e. The molecule has 0 aromatic carbocycles. The first-order valence-electron chi connectivity index (χ1n) is 43.7. The molecule has 3 rings (SSSR count). The standard InChI is InChI=1S/C85H158N2O21/c1-4-6-8-10-12-14-16-18-20-22-24-26-28-30-31-32-33-35-37-39-41-43-45-47-49-51-53-55-57-59-72(95)87-66(67(92)58-56-54-52-50-48-46-44-42-40-38-36-34-29-27-25-23-21-19-17-15-13-11-9-7-5-2)64-103-82-77(99)76(98)79(71(63-90)105-82)106-83-78(100)81(75(97)70(62-89)104-83)108-85(84(101)102)60-68(93)73(86-65(3)91)80(107-85)74(96)69(94)61-88/h24,26,30-31,66-71,73-83,88-90,92-94,96-100H,4-23,25,27-29,32-64H2,1-3H3,(H,86,91)(H,87,95)(H,101,102)/b26-24-,31-30-. The van der Waals surface area contributed by atoms with Crippen molar-refractivity contribution in [3.05, 3.63) is 24.3 Å². The normalized spacial score (nSPS) is 25.9. The van der Waals surface area contributed by atoms with Gasteiger partial charge in [-0.25, -0.2) is 4.79 Å². The second-order valence-electron chi connectivity index (χ2n) is 31.8. The van der Waals surface area contributed by atoms with Gasteiger partial charge in [-0.3, -0.25) is 9.59 Å². The van der Waals surface area contributed by atoms with Crippen LogP contribution >= 0.6 is 0 Å². The zero-order valence-corrected chi connectivity index (χ0v) is 67.5. The summed E-state index contributed by atoms with van der Waals surface area (Å²) >= 11 is 0. The van der Waals surface area contributed by atoms with Gasteiger partial charge in [-0.05, 0) is 44.9 Å². The quantitative estimate of drug-likeness (QED) is 0.0199. The number of amides is 2. The van der Waals surface area contributed by atoms with E-state index in [0.717, 1.165) is 71.1 Å². The van der Waals surface area contributed by atoms with Crippen LogP contribution in [0.1, 0.15) is 361 Å². The van der Waals surface area contributed by atoms with Crippen molar-refractivity contribution in [3.8, 4) is 0 Å². The number of aliphatic carboxylic acids is 1. The summed E-state index contributed by atoms with van der Waals surface area (Å²) in [4.78, 5) is 38.8. The molecule has 3 aliphatic rings. The maximum absolute atomic E-state index is 13.6. The molecule has 23 nitrogen and oxygen atoms in total. The number of carboxylic acid groups (broad SMARTS) is 1. The van der Waals surface area contributed by atoms with E-state index in [1.165, 1.54) is 244 Å². The Morgan fingerprint density at radius 2 is 0.889 bits per heavy atom. The number of carboxylic acids is 1. The van der Waals surface area contributed by atoms with Crippen LogP contribution in [0.4, 0.5) is 0 Å². The lowest BCUT2D eigenvalue weighted by Gasteiger charge is -2.50. The number of aliphatic hydroxyl groups excluding tert-OH is 11. The molecule has 0 aliphatic carbocycles. The fourth-order valence-corrected chi connectivity index (χ4v) is 15.3. The lowest BCUT2D eigenvalue weighted by Crippen LogP contribution is -2.70. The van der Waals surface area contributed by atoms with Gasteiger partial charge in [0.05, 0.1) is 50.7 Å². The van der Waals surface area contributed by atoms with Crippen molar-refractivity contribution in [3.63, 3.8) is 0 Å². The van der Waals surface area contributed by atoms with Gasteiger partial charge in [-0.2, -0.15) is 0 Å².